The number of nitrogens with zero attached hydrogens (tertiary/aromatic N) is 2. The standard InChI is InChI=1S/C13H13ClN2O2S/c1-13(5-6-13)16-9-4-2-3-8(14)11(9)15-12(16)19-7-10(17)18/h2-4H,5-7H2,1H3,(H,17,18). The lowest BCUT2D eigenvalue weighted by molar-refractivity contribution is -0.133. The van der Waals surface area contributed by atoms with E-state index in [4.69, 9.17) is 16.7 Å². The number of hydrogen-bond donors (Lipinski definition) is 1. The summed E-state index contributed by atoms with van der Waals surface area (Å²) in [7, 11) is 0. The molecular weight excluding hydrogens is 284 g/mol. The van der Waals surface area contributed by atoms with Crippen LogP contribution < -0.4 is 0 Å². The molecule has 4 nitrogen and oxygen atoms in total. The number of fused-ring (bicyclic) bond motifs is 1. The average molecular weight is 297 g/mol. The van der Waals surface area contributed by atoms with Gasteiger partial charge < -0.3 is 9.67 Å². The largest absolute Gasteiger partial charge is 0.481 e. The Bertz CT molecular complexity index is 664. The Morgan fingerprint density at radius 2 is 2.32 bits per heavy atom. The van der Waals surface area contributed by atoms with Crippen LogP contribution in [-0.4, -0.2) is 26.4 Å². The third-order valence-electron chi connectivity index (χ3n) is 3.44. The zero-order valence-corrected chi connectivity index (χ0v) is 12.0. The summed E-state index contributed by atoms with van der Waals surface area (Å²) in [5.41, 5.74) is 1.80. The molecular formula is C13H13ClN2O2S. The predicted octanol–water partition coefficient (Wildman–Crippen LogP) is 3.38. The molecule has 3 rings (SSSR count). The van der Waals surface area contributed by atoms with Crippen molar-refractivity contribution in [1.29, 1.82) is 0 Å². The normalized spacial score (nSPS) is 16.7. The summed E-state index contributed by atoms with van der Waals surface area (Å²) < 4.78 is 2.14. The monoisotopic (exact) mass is 296 g/mol. The fourth-order valence-electron chi connectivity index (χ4n) is 2.19. The van der Waals surface area contributed by atoms with Crippen LogP contribution in [-0.2, 0) is 10.3 Å². The summed E-state index contributed by atoms with van der Waals surface area (Å²) in [6, 6.07) is 5.70. The van der Waals surface area contributed by atoms with Gasteiger partial charge >= 0.3 is 5.97 Å². The van der Waals surface area contributed by atoms with Crippen molar-refractivity contribution in [2.45, 2.75) is 30.5 Å². The number of benzene rings is 1. The highest BCUT2D eigenvalue weighted by atomic mass is 35.5. The molecule has 100 valence electrons. The first-order valence-electron chi connectivity index (χ1n) is 6.03. The third kappa shape index (κ3) is 2.21. The van der Waals surface area contributed by atoms with E-state index in [0.717, 1.165) is 29.0 Å². The predicted molar refractivity (Wildman–Crippen MR) is 76.0 cm³/mol. The maximum Gasteiger partial charge on any atom is 0.313 e. The molecule has 1 aliphatic carbocycles. The summed E-state index contributed by atoms with van der Waals surface area (Å²) in [5.74, 6) is -0.826. The number of carboxylic acid groups (broad SMARTS) is 1. The van der Waals surface area contributed by atoms with E-state index >= 15 is 0 Å². The fraction of sp³-hybridized carbons (Fsp3) is 0.385. The molecule has 0 atom stereocenters. The highest BCUT2D eigenvalue weighted by Gasteiger charge is 2.42. The van der Waals surface area contributed by atoms with Gasteiger partial charge in [-0.3, -0.25) is 4.79 Å². The molecule has 1 aromatic carbocycles. The summed E-state index contributed by atoms with van der Waals surface area (Å²) in [4.78, 5) is 15.3. The molecule has 1 aliphatic rings. The number of carbonyl (C=O) groups is 1. The van der Waals surface area contributed by atoms with Crippen LogP contribution in [0.2, 0.25) is 5.02 Å². The topological polar surface area (TPSA) is 55.1 Å². The number of halogens is 1. The van der Waals surface area contributed by atoms with Crippen molar-refractivity contribution < 1.29 is 9.90 Å². The number of thioether (sulfide) groups is 1. The van der Waals surface area contributed by atoms with Crippen LogP contribution in [0.15, 0.2) is 23.4 Å². The molecule has 1 N–H and O–H groups in total. The molecule has 1 heterocycles. The van der Waals surface area contributed by atoms with Gasteiger partial charge in [0.25, 0.3) is 0 Å². The molecule has 0 unspecified atom stereocenters. The van der Waals surface area contributed by atoms with Crippen LogP contribution >= 0.6 is 23.4 Å². The Balaban J connectivity index is 2.14. The Kier molecular flexibility index (Phi) is 2.98. The first kappa shape index (κ1) is 12.8. The maximum absolute atomic E-state index is 10.7. The van der Waals surface area contributed by atoms with E-state index in [1.165, 1.54) is 11.8 Å². The minimum Gasteiger partial charge on any atom is -0.481 e. The van der Waals surface area contributed by atoms with Crippen molar-refractivity contribution in [3.8, 4) is 0 Å². The van der Waals surface area contributed by atoms with Crippen LogP contribution in [0, 0.1) is 0 Å². The number of imidazole rings is 1. The van der Waals surface area contributed by atoms with Gasteiger partial charge in [0.1, 0.15) is 5.52 Å². The minimum absolute atomic E-state index is 0.0109. The molecule has 0 amide bonds. The Hall–Kier alpha value is -1.20. The molecule has 6 heteroatoms. The smallest absolute Gasteiger partial charge is 0.313 e. The number of rotatable bonds is 4. The van der Waals surface area contributed by atoms with E-state index in [1.54, 1.807) is 0 Å². The van der Waals surface area contributed by atoms with Gasteiger partial charge in [-0.15, -0.1) is 0 Å². The van der Waals surface area contributed by atoms with E-state index in [9.17, 15) is 4.79 Å². The van der Waals surface area contributed by atoms with Crippen LogP contribution in [0.4, 0.5) is 0 Å². The minimum atomic E-state index is -0.837. The first-order valence-corrected chi connectivity index (χ1v) is 7.40. The maximum atomic E-state index is 10.7. The van der Waals surface area contributed by atoms with Gasteiger partial charge in [0.2, 0.25) is 0 Å². The van der Waals surface area contributed by atoms with Gasteiger partial charge in [0.05, 0.1) is 16.3 Å². The highest BCUT2D eigenvalue weighted by molar-refractivity contribution is 7.99. The number of carboxylic acids is 1. The first-order chi connectivity index (χ1) is 9.01. The lowest BCUT2D eigenvalue weighted by Crippen LogP contribution is -2.14. The Morgan fingerprint density at radius 3 is 2.95 bits per heavy atom. The fourth-order valence-corrected chi connectivity index (χ4v) is 3.26. The Labute approximate surface area is 119 Å². The summed E-state index contributed by atoms with van der Waals surface area (Å²) in [6.45, 7) is 2.17. The quantitative estimate of drug-likeness (QED) is 0.879. The van der Waals surface area contributed by atoms with Crippen LogP contribution in [0.25, 0.3) is 11.0 Å². The van der Waals surface area contributed by atoms with Crippen LogP contribution in [0.3, 0.4) is 0 Å². The molecule has 19 heavy (non-hydrogen) atoms. The summed E-state index contributed by atoms with van der Waals surface area (Å²) in [5, 5.41) is 10.2. The van der Waals surface area contributed by atoms with E-state index in [-0.39, 0.29) is 11.3 Å². The van der Waals surface area contributed by atoms with Gasteiger partial charge in [0, 0.05) is 5.54 Å². The zero-order chi connectivity index (χ0) is 13.6. The lowest BCUT2D eigenvalue weighted by atomic mass is 10.2. The highest BCUT2D eigenvalue weighted by Crippen LogP contribution is 2.47. The molecule has 2 aromatic rings. The number of para-hydroxylation sites is 1. The van der Waals surface area contributed by atoms with E-state index in [1.807, 2.05) is 18.2 Å². The second kappa shape index (κ2) is 4.42. The van der Waals surface area contributed by atoms with Crippen LogP contribution in [0.1, 0.15) is 19.8 Å². The lowest BCUT2D eigenvalue weighted by Gasteiger charge is -2.15. The molecule has 0 radical (unpaired) electrons. The summed E-state index contributed by atoms with van der Waals surface area (Å²) >= 11 is 7.42. The molecule has 0 spiro atoms. The second-order valence-electron chi connectivity index (χ2n) is 5.02. The van der Waals surface area contributed by atoms with E-state index in [0.29, 0.717) is 5.02 Å². The van der Waals surface area contributed by atoms with Crippen molar-refractivity contribution in [2.75, 3.05) is 5.75 Å². The molecule has 1 saturated carbocycles. The third-order valence-corrected chi connectivity index (χ3v) is 4.67. The van der Waals surface area contributed by atoms with E-state index in [2.05, 4.69) is 16.5 Å². The van der Waals surface area contributed by atoms with Gasteiger partial charge in [-0.1, -0.05) is 29.4 Å². The molecule has 0 aliphatic heterocycles. The Morgan fingerprint density at radius 1 is 1.58 bits per heavy atom. The molecule has 0 bridgehead atoms. The SMILES string of the molecule is CC1(n2c(SCC(=O)O)nc3c(Cl)cccc32)CC1. The van der Waals surface area contributed by atoms with Gasteiger partial charge in [-0.25, -0.2) is 4.98 Å². The zero-order valence-electron chi connectivity index (χ0n) is 10.4. The van der Waals surface area contributed by atoms with Crippen molar-refractivity contribution >= 4 is 40.4 Å². The van der Waals surface area contributed by atoms with Crippen molar-refractivity contribution in [2.24, 2.45) is 0 Å². The van der Waals surface area contributed by atoms with Crippen molar-refractivity contribution in [1.82, 2.24) is 9.55 Å². The number of aliphatic carboxylic acids is 1. The number of aromatic nitrogens is 2. The second-order valence-corrected chi connectivity index (χ2v) is 6.37. The summed E-state index contributed by atoms with van der Waals surface area (Å²) in [6.07, 6.45) is 2.18. The number of hydrogen-bond acceptors (Lipinski definition) is 3. The van der Waals surface area contributed by atoms with Crippen LogP contribution in [0.5, 0.6) is 0 Å². The average Bonchev–Trinajstić information content (AvgIpc) is 2.96. The van der Waals surface area contributed by atoms with E-state index < -0.39 is 5.97 Å². The molecule has 1 fully saturated rings. The van der Waals surface area contributed by atoms with Crippen molar-refractivity contribution in [3.63, 3.8) is 0 Å². The van der Waals surface area contributed by atoms with Gasteiger partial charge in [0.15, 0.2) is 5.16 Å². The van der Waals surface area contributed by atoms with Crippen molar-refractivity contribution in [3.05, 3.63) is 23.2 Å². The van der Waals surface area contributed by atoms with Gasteiger partial charge in [-0.05, 0) is 31.9 Å². The molecule has 1 aromatic heterocycles. The molecule has 0 saturated heterocycles. The van der Waals surface area contributed by atoms with Gasteiger partial charge in [-0.2, -0.15) is 0 Å².